The van der Waals surface area contributed by atoms with Crippen molar-refractivity contribution >= 4 is 29.5 Å². The predicted molar refractivity (Wildman–Crippen MR) is 84.4 cm³/mol. The molecular weight excluding hydrogens is 304 g/mol. The fraction of sp³-hybridized carbons (Fsp3) is 0.0625. The van der Waals surface area contributed by atoms with E-state index in [0.717, 1.165) is 6.21 Å². The Morgan fingerprint density at radius 3 is 2.64 bits per heavy atom. The summed E-state index contributed by atoms with van der Waals surface area (Å²) in [4.78, 5) is 23.2. The first kappa shape index (κ1) is 15.7. The summed E-state index contributed by atoms with van der Waals surface area (Å²) < 4.78 is 5.24. The van der Waals surface area contributed by atoms with E-state index in [2.05, 4.69) is 10.5 Å². The van der Waals surface area contributed by atoms with Crippen molar-refractivity contribution in [1.29, 1.82) is 0 Å². The molecule has 0 aliphatic rings. The van der Waals surface area contributed by atoms with Crippen molar-refractivity contribution in [3.05, 3.63) is 65.2 Å². The molecule has 0 aromatic heterocycles. The van der Waals surface area contributed by atoms with Crippen LogP contribution >= 0.6 is 11.6 Å². The molecule has 112 valence electrons. The van der Waals surface area contributed by atoms with Crippen LogP contribution in [0.25, 0.3) is 0 Å². The number of carbonyl (C=O) groups excluding carboxylic acids is 2. The fourth-order valence-corrected chi connectivity index (χ4v) is 1.76. The average Bonchev–Trinajstić information content (AvgIpc) is 2.54. The zero-order valence-electron chi connectivity index (χ0n) is 11.5. The Kier molecular flexibility index (Phi) is 5.68. The molecule has 0 saturated heterocycles. The second-order valence-corrected chi connectivity index (χ2v) is 4.71. The number of amides is 1. The molecule has 0 atom stereocenters. The van der Waals surface area contributed by atoms with E-state index < -0.39 is 5.91 Å². The highest BCUT2D eigenvalue weighted by Crippen LogP contribution is 2.16. The summed E-state index contributed by atoms with van der Waals surface area (Å²) in [5, 5.41) is 4.12. The Balaban J connectivity index is 1.78. The maximum atomic E-state index is 11.7. The van der Waals surface area contributed by atoms with Gasteiger partial charge in [-0.15, -0.1) is 0 Å². The molecule has 0 aliphatic carbocycles. The Morgan fingerprint density at radius 1 is 1.14 bits per heavy atom. The minimum Gasteiger partial charge on any atom is -0.484 e. The normalized spacial score (nSPS) is 10.4. The SMILES string of the molecule is O=C(COc1cccc(Cl)c1)N/N=C\C(=O)c1ccccc1. The first-order valence-corrected chi connectivity index (χ1v) is 6.82. The van der Waals surface area contributed by atoms with E-state index >= 15 is 0 Å². The van der Waals surface area contributed by atoms with Gasteiger partial charge in [-0.05, 0) is 18.2 Å². The number of nitrogens with one attached hydrogen (secondary N) is 1. The molecule has 2 rings (SSSR count). The van der Waals surface area contributed by atoms with Crippen LogP contribution in [0.1, 0.15) is 10.4 Å². The van der Waals surface area contributed by atoms with Crippen LogP contribution in [0.3, 0.4) is 0 Å². The smallest absolute Gasteiger partial charge is 0.277 e. The van der Waals surface area contributed by atoms with E-state index in [9.17, 15) is 9.59 Å². The minimum atomic E-state index is -0.475. The number of Topliss-reactive ketones (excluding diaryl/α,β-unsaturated/α-hetero) is 1. The topological polar surface area (TPSA) is 67.8 Å². The van der Waals surface area contributed by atoms with Gasteiger partial charge in [0.2, 0.25) is 5.78 Å². The van der Waals surface area contributed by atoms with Gasteiger partial charge in [0.1, 0.15) is 5.75 Å². The molecule has 0 radical (unpaired) electrons. The first-order valence-electron chi connectivity index (χ1n) is 6.45. The predicted octanol–water partition coefficient (Wildman–Crippen LogP) is 2.70. The molecule has 6 heteroatoms. The molecule has 2 aromatic carbocycles. The highest BCUT2D eigenvalue weighted by atomic mass is 35.5. The maximum Gasteiger partial charge on any atom is 0.277 e. The van der Waals surface area contributed by atoms with Gasteiger partial charge in [0.15, 0.2) is 6.61 Å². The molecule has 0 fully saturated rings. The van der Waals surface area contributed by atoms with E-state index in [0.29, 0.717) is 16.3 Å². The largest absolute Gasteiger partial charge is 0.484 e. The van der Waals surface area contributed by atoms with Crippen LogP contribution in [0.15, 0.2) is 59.7 Å². The van der Waals surface area contributed by atoms with Crippen molar-refractivity contribution in [1.82, 2.24) is 5.43 Å². The standard InChI is InChI=1S/C16H13ClN2O3/c17-13-7-4-8-14(9-13)22-11-16(21)19-18-10-15(20)12-5-2-1-3-6-12/h1-10H,11H2,(H,19,21)/b18-10-. The van der Waals surface area contributed by atoms with Crippen molar-refractivity contribution in [3.8, 4) is 5.75 Å². The summed E-state index contributed by atoms with van der Waals surface area (Å²) in [5.74, 6) is -0.291. The van der Waals surface area contributed by atoms with Crippen LogP contribution in [0, 0.1) is 0 Å². The molecule has 1 amide bonds. The van der Waals surface area contributed by atoms with Gasteiger partial charge < -0.3 is 4.74 Å². The second-order valence-electron chi connectivity index (χ2n) is 4.27. The van der Waals surface area contributed by atoms with Crippen molar-refractivity contribution < 1.29 is 14.3 Å². The number of hydrogen-bond acceptors (Lipinski definition) is 4. The number of ether oxygens (including phenoxy) is 1. The van der Waals surface area contributed by atoms with Gasteiger partial charge in [0, 0.05) is 10.6 Å². The number of nitrogens with zero attached hydrogens (tertiary/aromatic N) is 1. The molecule has 0 unspecified atom stereocenters. The fourth-order valence-electron chi connectivity index (χ4n) is 1.58. The van der Waals surface area contributed by atoms with E-state index in [-0.39, 0.29) is 12.4 Å². The Bertz CT molecular complexity index is 687. The van der Waals surface area contributed by atoms with Crippen LogP contribution in [0.5, 0.6) is 5.75 Å². The first-order chi connectivity index (χ1) is 10.6. The molecule has 22 heavy (non-hydrogen) atoms. The Hall–Kier alpha value is -2.66. The monoisotopic (exact) mass is 316 g/mol. The summed E-state index contributed by atoms with van der Waals surface area (Å²) >= 11 is 5.80. The van der Waals surface area contributed by atoms with Crippen LogP contribution < -0.4 is 10.2 Å². The van der Waals surface area contributed by atoms with Gasteiger partial charge in [-0.1, -0.05) is 48.0 Å². The summed E-state index contributed by atoms with van der Waals surface area (Å²) in [6.07, 6.45) is 1.05. The molecule has 0 aliphatic heterocycles. The van der Waals surface area contributed by atoms with Crippen molar-refractivity contribution in [2.45, 2.75) is 0 Å². The van der Waals surface area contributed by atoms with Gasteiger partial charge in [-0.2, -0.15) is 5.10 Å². The number of hydrogen-bond donors (Lipinski definition) is 1. The lowest BCUT2D eigenvalue weighted by Gasteiger charge is -2.04. The van der Waals surface area contributed by atoms with Crippen molar-refractivity contribution in [2.75, 3.05) is 6.61 Å². The van der Waals surface area contributed by atoms with E-state index in [1.54, 1.807) is 48.5 Å². The molecule has 0 bridgehead atoms. The quantitative estimate of drug-likeness (QED) is 0.506. The third-order valence-corrected chi connectivity index (χ3v) is 2.83. The van der Waals surface area contributed by atoms with E-state index in [4.69, 9.17) is 16.3 Å². The summed E-state index contributed by atoms with van der Waals surface area (Å²) in [6.45, 7) is -0.225. The second kappa shape index (κ2) is 7.95. The lowest BCUT2D eigenvalue weighted by molar-refractivity contribution is -0.123. The number of halogens is 1. The number of benzene rings is 2. The third-order valence-electron chi connectivity index (χ3n) is 2.60. The van der Waals surface area contributed by atoms with Crippen LogP contribution in [-0.2, 0) is 4.79 Å². The van der Waals surface area contributed by atoms with Gasteiger partial charge in [0.25, 0.3) is 5.91 Å². The number of carbonyl (C=O) groups is 2. The van der Waals surface area contributed by atoms with Gasteiger partial charge >= 0.3 is 0 Å². The minimum absolute atomic E-state index is 0.225. The molecule has 1 N–H and O–H groups in total. The Labute approximate surface area is 132 Å². The molecule has 5 nitrogen and oxygen atoms in total. The molecular formula is C16H13ClN2O3. The number of ketones is 1. The van der Waals surface area contributed by atoms with Crippen LogP contribution in [-0.4, -0.2) is 24.5 Å². The summed E-state index contributed by atoms with van der Waals surface area (Å²) in [5.41, 5.74) is 2.72. The summed E-state index contributed by atoms with van der Waals surface area (Å²) in [6, 6.07) is 15.3. The summed E-state index contributed by atoms with van der Waals surface area (Å²) in [7, 11) is 0. The van der Waals surface area contributed by atoms with Gasteiger partial charge in [-0.25, -0.2) is 5.43 Å². The molecule has 2 aromatic rings. The van der Waals surface area contributed by atoms with Crippen LogP contribution in [0.4, 0.5) is 0 Å². The van der Waals surface area contributed by atoms with Gasteiger partial charge in [0.05, 0.1) is 6.21 Å². The highest BCUT2D eigenvalue weighted by Gasteiger charge is 2.03. The van der Waals surface area contributed by atoms with Crippen molar-refractivity contribution in [2.24, 2.45) is 5.10 Å². The number of hydrazone groups is 1. The zero-order chi connectivity index (χ0) is 15.8. The lowest BCUT2D eigenvalue weighted by Crippen LogP contribution is -2.25. The zero-order valence-corrected chi connectivity index (χ0v) is 12.3. The van der Waals surface area contributed by atoms with Crippen LogP contribution in [0.2, 0.25) is 5.02 Å². The van der Waals surface area contributed by atoms with Gasteiger partial charge in [-0.3, -0.25) is 9.59 Å². The average molecular weight is 317 g/mol. The van der Waals surface area contributed by atoms with E-state index in [1.807, 2.05) is 6.07 Å². The lowest BCUT2D eigenvalue weighted by atomic mass is 10.1. The number of rotatable bonds is 6. The maximum absolute atomic E-state index is 11.7. The Morgan fingerprint density at radius 2 is 1.91 bits per heavy atom. The molecule has 0 heterocycles. The van der Waals surface area contributed by atoms with Crippen molar-refractivity contribution in [3.63, 3.8) is 0 Å². The molecule has 0 saturated carbocycles. The third kappa shape index (κ3) is 5.03. The van der Waals surface area contributed by atoms with E-state index in [1.165, 1.54) is 0 Å². The highest BCUT2D eigenvalue weighted by molar-refractivity contribution is 6.35. The molecule has 0 spiro atoms.